The van der Waals surface area contributed by atoms with Crippen molar-refractivity contribution < 1.29 is 10.2 Å². The van der Waals surface area contributed by atoms with Crippen molar-refractivity contribution in [2.24, 2.45) is 0 Å². The third-order valence-electron chi connectivity index (χ3n) is 3.55. The molecule has 0 spiro atoms. The number of aliphatic hydroxyl groups is 1. The van der Waals surface area contributed by atoms with Gasteiger partial charge in [-0.05, 0) is 37.2 Å². The molecular formula is C16H23N3O2. The number of benzene rings is 1. The molecule has 5 nitrogen and oxygen atoms in total. The van der Waals surface area contributed by atoms with Crippen molar-refractivity contribution in [3.63, 3.8) is 0 Å². The number of aromatic nitrogens is 2. The minimum absolute atomic E-state index is 0.182. The Balaban J connectivity index is 1.89. The second-order valence-electron chi connectivity index (χ2n) is 5.22. The molecule has 1 heterocycles. The van der Waals surface area contributed by atoms with E-state index in [2.05, 4.69) is 16.9 Å². The zero-order valence-corrected chi connectivity index (χ0v) is 12.6. The van der Waals surface area contributed by atoms with Crippen LogP contribution in [0.15, 0.2) is 36.5 Å². The lowest BCUT2D eigenvalue weighted by molar-refractivity contribution is 0.113. The summed E-state index contributed by atoms with van der Waals surface area (Å²) in [6.45, 7) is 7.07. The van der Waals surface area contributed by atoms with Gasteiger partial charge in [0, 0.05) is 19.3 Å². The van der Waals surface area contributed by atoms with Gasteiger partial charge in [-0.3, -0.25) is 9.58 Å². The molecule has 0 amide bonds. The molecule has 2 rings (SSSR count). The molecule has 2 aromatic rings. The normalized spacial score (nSPS) is 12.8. The number of hydrogen-bond donors (Lipinski definition) is 2. The average molecular weight is 289 g/mol. The van der Waals surface area contributed by atoms with E-state index < -0.39 is 6.10 Å². The van der Waals surface area contributed by atoms with Gasteiger partial charge in [0.1, 0.15) is 5.75 Å². The highest BCUT2D eigenvalue weighted by Gasteiger charge is 2.13. The standard InChI is InChI=1S/C16H23N3O2/c1-3-18(9-10-19-8-7-13(2)17-19)12-16(21)14-5-4-6-15(20)11-14/h4-8,11,16,20-21H,3,9-10,12H2,1-2H3/t16-/m0/s1. The van der Waals surface area contributed by atoms with Gasteiger partial charge < -0.3 is 10.2 Å². The van der Waals surface area contributed by atoms with Gasteiger partial charge in [0.25, 0.3) is 0 Å². The summed E-state index contributed by atoms with van der Waals surface area (Å²) in [5, 5.41) is 24.1. The number of aromatic hydroxyl groups is 1. The van der Waals surface area contributed by atoms with Gasteiger partial charge in [0.2, 0.25) is 0 Å². The molecule has 114 valence electrons. The van der Waals surface area contributed by atoms with Gasteiger partial charge in [-0.25, -0.2) is 0 Å². The van der Waals surface area contributed by atoms with Crippen LogP contribution in [0.3, 0.4) is 0 Å². The van der Waals surface area contributed by atoms with Crippen LogP contribution >= 0.6 is 0 Å². The number of likely N-dealkylation sites (N-methyl/N-ethyl adjacent to an activating group) is 1. The van der Waals surface area contributed by atoms with Crippen molar-refractivity contribution in [3.05, 3.63) is 47.8 Å². The quantitative estimate of drug-likeness (QED) is 0.818. The van der Waals surface area contributed by atoms with Crippen LogP contribution in [0.2, 0.25) is 0 Å². The summed E-state index contributed by atoms with van der Waals surface area (Å²) in [4.78, 5) is 2.17. The Labute approximate surface area is 125 Å². The van der Waals surface area contributed by atoms with Crippen LogP contribution in [0, 0.1) is 6.92 Å². The monoisotopic (exact) mass is 289 g/mol. The van der Waals surface area contributed by atoms with E-state index in [1.54, 1.807) is 18.2 Å². The van der Waals surface area contributed by atoms with Crippen molar-refractivity contribution in [2.75, 3.05) is 19.6 Å². The molecule has 1 aromatic carbocycles. The predicted octanol–water partition coefficient (Wildman–Crippen LogP) is 1.95. The van der Waals surface area contributed by atoms with E-state index in [-0.39, 0.29) is 5.75 Å². The summed E-state index contributed by atoms with van der Waals surface area (Å²) in [6, 6.07) is 8.77. The Morgan fingerprint density at radius 3 is 2.76 bits per heavy atom. The molecule has 0 aliphatic heterocycles. The highest BCUT2D eigenvalue weighted by Crippen LogP contribution is 2.19. The summed E-state index contributed by atoms with van der Waals surface area (Å²) in [5.74, 6) is 0.182. The summed E-state index contributed by atoms with van der Waals surface area (Å²) < 4.78 is 1.92. The molecule has 2 N–H and O–H groups in total. The second-order valence-corrected chi connectivity index (χ2v) is 5.22. The molecule has 0 aliphatic carbocycles. The molecule has 1 atom stereocenters. The maximum absolute atomic E-state index is 10.3. The Bertz CT molecular complexity index is 568. The highest BCUT2D eigenvalue weighted by molar-refractivity contribution is 5.28. The van der Waals surface area contributed by atoms with Crippen molar-refractivity contribution >= 4 is 0 Å². The van der Waals surface area contributed by atoms with E-state index in [9.17, 15) is 10.2 Å². The van der Waals surface area contributed by atoms with Crippen molar-refractivity contribution in [1.82, 2.24) is 14.7 Å². The predicted molar refractivity (Wildman–Crippen MR) is 82.1 cm³/mol. The number of aryl methyl sites for hydroxylation is 1. The minimum Gasteiger partial charge on any atom is -0.508 e. The fourth-order valence-corrected chi connectivity index (χ4v) is 2.29. The molecule has 0 saturated heterocycles. The number of aliphatic hydroxyl groups excluding tert-OH is 1. The topological polar surface area (TPSA) is 61.5 Å². The molecule has 5 heteroatoms. The average Bonchev–Trinajstić information content (AvgIpc) is 2.89. The Kier molecular flexibility index (Phi) is 5.36. The van der Waals surface area contributed by atoms with Gasteiger partial charge >= 0.3 is 0 Å². The van der Waals surface area contributed by atoms with E-state index in [4.69, 9.17) is 0 Å². The maximum Gasteiger partial charge on any atom is 0.115 e. The Morgan fingerprint density at radius 1 is 1.33 bits per heavy atom. The van der Waals surface area contributed by atoms with Crippen LogP contribution in [-0.4, -0.2) is 44.5 Å². The number of rotatable bonds is 7. The Hall–Kier alpha value is -1.85. The molecule has 0 radical (unpaired) electrons. The molecule has 0 saturated carbocycles. The largest absolute Gasteiger partial charge is 0.508 e. The van der Waals surface area contributed by atoms with Gasteiger partial charge in [0.05, 0.1) is 18.3 Å². The summed E-state index contributed by atoms with van der Waals surface area (Å²) in [5.41, 5.74) is 1.75. The lowest BCUT2D eigenvalue weighted by atomic mass is 10.1. The third kappa shape index (κ3) is 4.58. The molecular weight excluding hydrogens is 266 g/mol. The number of nitrogens with zero attached hydrogens (tertiary/aromatic N) is 3. The van der Waals surface area contributed by atoms with Crippen molar-refractivity contribution in [1.29, 1.82) is 0 Å². The zero-order chi connectivity index (χ0) is 15.2. The minimum atomic E-state index is -0.601. The zero-order valence-electron chi connectivity index (χ0n) is 12.6. The van der Waals surface area contributed by atoms with E-state index in [0.29, 0.717) is 6.54 Å². The van der Waals surface area contributed by atoms with Crippen LogP contribution in [0.4, 0.5) is 0 Å². The highest BCUT2D eigenvalue weighted by atomic mass is 16.3. The van der Waals surface area contributed by atoms with Crippen LogP contribution < -0.4 is 0 Å². The summed E-state index contributed by atoms with van der Waals surface area (Å²) in [6.07, 6.45) is 1.37. The molecule has 1 aromatic heterocycles. The lowest BCUT2D eigenvalue weighted by Crippen LogP contribution is -2.31. The smallest absolute Gasteiger partial charge is 0.115 e. The first-order valence-corrected chi connectivity index (χ1v) is 7.28. The summed E-state index contributed by atoms with van der Waals surface area (Å²) in [7, 11) is 0. The van der Waals surface area contributed by atoms with Crippen LogP contribution in [0.5, 0.6) is 5.75 Å². The first-order valence-electron chi connectivity index (χ1n) is 7.28. The number of phenols is 1. The lowest BCUT2D eigenvalue weighted by Gasteiger charge is -2.23. The number of hydrogen-bond acceptors (Lipinski definition) is 4. The maximum atomic E-state index is 10.3. The van der Waals surface area contributed by atoms with Crippen molar-refractivity contribution in [2.45, 2.75) is 26.5 Å². The number of phenolic OH excluding ortho intramolecular Hbond substituents is 1. The van der Waals surface area contributed by atoms with E-state index in [0.717, 1.165) is 30.9 Å². The molecule has 21 heavy (non-hydrogen) atoms. The van der Waals surface area contributed by atoms with E-state index >= 15 is 0 Å². The van der Waals surface area contributed by atoms with Crippen LogP contribution in [0.1, 0.15) is 24.3 Å². The first kappa shape index (κ1) is 15.5. The first-order chi connectivity index (χ1) is 10.1. The van der Waals surface area contributed by atoms with Gasteiger partial charge in [-0.1, -0.05) is 19.1 Å². The van der Waals surface area contributed by atoms with Gasteiger partial charge in [-0.15, -0.1) is 0 Å². The third-order valence-corrected chi connectivity index (χ3v) is 3.55. The van der Waals surface area contributed by atoms with E-state index in [1.165, 1.54) is 0 Å². The fraction of sp³-hybridized carbons (Fsp3) is 0.438. The molecule has 0 fully saturated rings. The van der Waals surface area contributed by atoms with Crippen LogP contribution in [0.25, 0.3) is 0 Å². The second kappa shape index (κ2) is 7.24. The summed E-state index contributed by atoms with van der Waals surface area (Å²) >= 11 is 0. The van der Waals surface area contributed by atoms with Gasteiger partial charge in [0.15, 0.2) is 0 Å². The van der Waals surface area contributed by atoms with E-state index in [1.807, 2.05) is 29.9 Å². The Morgan fingerprint density at radius 2 is 2.14 bits per heavy atom. The fourth-order valence-electron chi connectivity index (χ4n) is 2.29. The van der Waals surface area contributed by atoms with Gasteiger partial charge in [-0.2, -0.15) is 5.10 Å². The molecule has 0 unspecified atom stereocenters. The SMILES string of the molecule is CCN(CCn1ccc(C)n1)C[C@H](O)c1cccc(O)c1. The molecule has 0 aliphatic rings. The van der Waals surface area contributed by atoms with Crippen LogP contribution in [-0.2, 0) is 6.54 Å². The molecule has 0 bridgehead atoms. The van der Waals surface area contributed by atoms with Crippen molar-refractivity contribution in [3.8, 4) is 5.75 Å².